The van der Waals surface area contributed by atoms with E-state index in [9.17, 15) is 19.2 Å². The van der Waals surface area contributed by atoms with Crippen molar-refractivity contribution < 1.29 is 19.2 Å². The van der Waals surface area contributed by atoms with Gasteiger partial charge in [0.25, 0.3) is 11.8 Å². The van der Waals surface area contributed by atoms with Crippen LogP contribution in [0.2, 0.25) is 0 Å². The van der Waals surface area contributed by atoms with Gasteiger partial charge in [-0.3, -0.25) is 19.3 Å². The lowest BCUT2D eigenvalue weighted by Gasteiger charge is -2.24. The van der Waals surface area contributed by atoms with E-state index in [4.69, 9.17) is 0 Å². The van der Waals surface area contributed by atoms with Gasteiger partial charge in [0.1, 0.15) is 18.0 Å². The van der Waals surface area contributed by atoms with Gasteiger partial charge in [-0.15, -0.1) is 0 Å². The molecule has 3 rings (SSSR count). The minimum absolute atomic E-state index is 0.0702. The fourth-order valence-corrected chi connectivity index (χ4v) is 3.33. The third-order valence-electron chi connectivity index (χ3n) is 4.86. The maximum atomic E-state index is 12.8. The molecule has 0 aliphatic carbocycles. The van der Waals surface area contributed by atoms with Crippen molar-refractivity contribution in [1.82, 2.24) is 10.2 Å². The first-order valence-corrected chi connectivity index (χ1v) is 9.68. The zero-order valence-corrected chi connectivity index (χ0v) is 16.6. The fraction of sp³-hybridized carbons (Fsp3) is 0.217. The van der Waals surface area contributed by atoms with Crippen molar-refractivity contribution >= 4 is 29.7 Å². The molecule has 0 bridgehead atoms. The van der Waals surface area contributed by atoms with Crippen LogP contribution in [0.3, 0.4) is 0 Å². The Morgan fingerprint density at radius 3 is 2.33 bits per heavy atom. The molecule has 3 amide bonds. The highest BCUT2D eigenvalue weighted by molar-refractivity contribution is 6.19. The van der Waals surface area contributed by atoms with Crippen LogP contribution in [0.25, 0.3) is 0 Å². The molecule has 2 aromatic carbocycles. The Bertz CT molecular complexity index is 968. The van der Waals surface area contributed by atoms with Gasteiger partial charge >= 0.3 is 0 Å². The second-order valence-corrected chi connectivity index (χ2v) is 6.93. The van der Waals surface area contributed by atoms with Gasteiger partial charge in [0.15, 0.2) is 0 Å². The Morgan fingerprint density at radius 2 is 1.70 bits per heavy atom. The number of nitrogens with one attached hydrogen (secondary N) is 2. The lowest BCUT2D eigenvalue weighted by atomic mass is 10.0. The number of aldehydes is 1. The molecule has 0 aromatic heterocycles. The maximum Gasteiger partial charge on any atom is 0.278 e. The summed E-state index contributed by atoms with van der Waals surface area (Å²) < 4.78 is 0. The minimum atomic E-state index is -1.02. The van der Waals surface area contributed by atoms with E-state index < -0.39 is 23.8 Å². The molecule has 1 aliphatic heterocycles. The molecule has 1 unspecified atom stereocenters. The second kappa shape index (κ2) is 9.65. The van der Waals surface area contributed by atoms with Crippen molar-refractivity contribution in [2.45, 2.75) is 25.3 Å². The number of carbonyl (C=O) groups excluding carboxylic acids is 4. The molecule has 2 N–H and O–H groups in total. The number of hydrogen-bond donors (Lipinski definition) is 2. The number of imide groups is 1. The summed E-state index contributed by atoms with van der Waals surface area (Å²) >= 11 is 0. The molecule has 1 aliphatic rings. The minimum Gasteiger partial charge on any atom is -0.357 e. The van der Waals surface area contributed by atoms with Crippen LogP contribution >= 0.6 is 0 Å². The van der Waals surface area contributed by atoms with Crippen LogP contribution in [0, 0.1) is 0 Å². The fourth-order valence-electron chi connectivity index (χ4n) is 3.33. The van der Waals surface area contributed by atoms with Gasteiger partial charge in [-0.1, -0.05) is 42.5 Å². The molecule has 7 nitrogen and oxygen atoms in total. The Hall–Kier alpha value is -3.74. The van der Waals surface area contributed by atoms with Crippen molar-refractivity contribution in [2.75, 3.05) is 12.4 Å². The van der Waals surface area contributed by atoms with E-state index in [2.05, 4.69) is 22.8 Å². The molecule has 0 saturated carbocycles. The highest BCUT2D eigenvalue weighted by atomic mass is 16.2. The summed E-state index contributed by atoms with van der Waals surface area (Å²) in [6.45, 7) is 0. The molecule has 30 heavy (non-hydrogen) atoms. The number of nitrogens with zero attached hydrogens (tertiary/aromatic N) is 1. The molecule has 0 fully saturated rings. The van der Waals surface area contributed by atoms with Gasteiger partial charge in [0, 0.05) is 25.2 Å². The van der Waals surface area contributed by atoms with Crippen molar-refractivity contribution in [3.8, 4) is 0 Å². The van der Waals surface area contributed by atoms with Crippen LogP contribution < -0.4 is 10.6 Å². The predicted octanol–water partition coefficient (Wildman–Crippen LogP) is 2.04. The molecular formula is C23H23N3O4. The second-order valence-electron chi connectivity index (χ2n) is 6.93. The SMILES string of the molecule is CNC(=O)C(CCC=O)N1C(=O)C=C(Nc2ccc(Cc3ccccc3)cc2)C1=O. The quantitative estimate of drug-likeness (QED) is 0.492. The molecule has 0 spiro atoms. The van der Waals surface area contributed by atoms with Crippen LogP contribution in [-0.4, -0.2) is 42.0 Å². The van der Waals surface area contributed by atoms with E-state index in [0.29, 0.717) is 12.0 Å². The van der Waals surface area contributed by atoms with Gasteiger partial charge in [0.2, 0.25) is 5.91 Å². The van der Waals surface area contributed by atoms with Crippen molar-refractivity contribution in [3.63, 3.8) is 0 Å². The maximum absolute atomic E-state index is 12.8. The molecular weight excluding hydrogens is 382 g/mol. The van der Waals surface area contributed by atoms with Gasteiger partial charge in [-0.05, 0) is 36.1 Å². The standard InChI is InChI=1S/C23H23N3O4/c1-24-22(29)20(8-5-13-27)26-21(28)15-19(23(26)30)25-18-11-9-17(10-12-18)14-16-6-3-2-4-7-16/h2-4,6-7,9-13,15,20,25H,5,8,14H2,1H3,(H,24,29). The van der Waals surface area contributed by atoms with Crippen LogP contribution in [0.5, 0.6) is 0 Å². The number of amides is 3. The molecule has 2 aromatic rings. The van der Waals surface area contributed by atoms with Crippen LogP contribution in [0.15, 0.2) is 66.4 Å². The number of benzene rings is 2. The molecule has 1 atom stereocenters. The number of hydrogen-bond acceptors (Lipinski definition) is 5. The predicted molar refractivity (Wildman–Crippen MR) is 112 cm³/mol. The first-order valence-electron chi connectivity index (χ1n) is 9.68. The summed E-state index contributed by atoms with van der Waals surface area (Å²) in [4.78, 5) is 48.9. The van der Waals surface area contributed by atoms with E-state index in [1.807, 2.05) is 42.5 Å². The largest absolute Gasteiger partial charge is 0.357 e. The molecule has 0 saturated heterocycles. The lowest BCUT2D eigenvalue weighted by Crippen LogP contribution is -2.49. The Balaban J connectivity index is 1.69. The topological polar surface area (TPSA) is 95.6 Å². The third kappa shape index (κ3) is 4.81. The number of carbonyl (C=O) groups is 4. The molecule has 7 heteroatoms. The van der Waals surface area contributed by atoms with Crippen molar-refractivity contribution in [3.05, 3.63) is 77.5 Å². The molecule has 0 radical (unpaired) electrons. The first kappa shape index (κ1) is 21.0. The van der Waals surface area contributed by atoms with Gasteiger partial charge in [-0.2, -0.15) is 0 Å². The Kier molecular flexibility index (Phi) is 6.75. The average molecular weight is 405 g/mol. The summed E-state index contributed by atoms with van der Waals surface area (Å²) in [5.41, 5.74) is 3.06. The summed E-state index contributed by atoms with van der Waals surface area (Å²) in [7, 11) is 1.42. The average Bonchev–Trinajstić information content (AvgIpc) is 3.03. The third-order valence-corrected chi connectivity index (χ3v) is 4.86. The Labute approximate surface area is 174 Å². The highest BCUT2D eigenvalue weighted by Gasteiger charge is 2.39. The summed E-state index contributed by atoms with van der Waals surface area (Å²) in [5.74, 6) is -1.66. The normalized spacial score (nSPS) is 14.3. The van der Waals surface area contributed by atoms with Crippen LogP contribution in [0.4, 0.5) is 5.69 Å². The van der Waals surface area contributed by atoms with Gasteiger partial charge < -0.3 is 15.4 Å². The number of likely N-dealkylation sites (N-methyl/N-ethyl adjacent to an activating group) is 1. The van der Waals surface area contributed by atoms with E-state index >= 15 is 0 Å². The zero-order chi connectivity index (χ0) is 21.5. The van der Waals surface area contributed by atoms with E-state index in [-0.39, 0.29) is 18.5 Å². The highest BCUT2D eigenvalue weighted by Crippen LogP contribution is 2.22. The van der Waals surface area contributed by atoms with Crippen molar-refractivity contribution in [1.29, 1.82) is 0 Å². The summed E-state index contributed by atoms with van der Waals surface area (Å²) in [6.07, 6.45) is 2.78. The van der Waals surface area contributed by atoms with Crippen LogP contribution in [0.1, 0.15) is 24.0 Å². The monoisotopic (exact) mass is 405 g/mol. The van der Waals surface area contributed by atoms with E-state index in [1.54, 1.807) is 0 Å². The van der Waals surface area contributed by atoms with Gasteiger partial charge in [0.05, 0.1) is 0 Å². The first-order chi connectivity index (χ1) is 14.5. The van der Waals surface area contributed by atoms with Crippen molar-refractivity contribution in [2.24, 2.45) is 0 Å². The molecule has 1 heterocycles. The number of anilines is 1. The lowest BCUT2D eigenvalue weighted by molar-refractivity contribution is -0.146. The Morgan fingerprint density at radius 1 is 1.03 bits per heavy atom. The zero-order valence-electron chi connectivity index (χ0n) is 16.6. The van der Waals surface area contributed by atoms with E-state index in [1.165, 1.54) is 18.7 Å². The van der Waals surface area contributed by atoms with Crippen LogP contribution in [-0.2, 0) is 25.6 Å². The molecule has 154 valence electrons. The summed E-state index contributed by atoms with van der Waals surface area (Å²) in [5, 5.41) is 5.40. The van der Waals surface area contributed by atoms with E-state index in [0.717, 1.165) is 16.9 Å². The summed E-state index contributed by atoms with van der Waals surface area (Å²) in [6, 6.07) is 16.6. The number of rotatable bonds is 9. The smallest absolute Gasteiger partial charge is 0.278 e. The van der Waals surface area contributed by atoms with Gasteiger partial charge in [-0.25, -0.2) is 0 Å².